The Morgan fingerprint density at radius 2 is 1.63 bits per heavy atom. The van der Waals surface area contributed by atoms with E-state index >= 15 is 0 Å². The molecular formula is C40H43N5O6S. The lowest BCUT2D eigenvalue weighted by atomic mass is 9.91. The van der Waals surface area contributed by atoms with Gasteiger partial charge in [0.25, 0.3) is 0 Å². The summed E-state index contributed by atoms with van der Waals surface area (Å²) in [5.74, 6) is 0.188. The van der Waals surface area contributed by atoms with Gasteiger partial charge in [0, 0.05) is 37.2 Å². The summed E-state index contributed by atoms with van der Waals surface area (Å²) < 4.78 is 20.1. The molecule has 0 saturated carbocycles. The molecular weight excluding hydrogens is 679 g/mol. The van der Waals surface area contributed by atoms with Crippen LogP contribution in [0.25, 0.3) is 11.1 Å². The summed E-state index contributed by atoms with van der Waals surface area (Å²) in [4.78, 5) is 25.4. The van der Waals surface area contributed by atoms with Gasteiger partial charge >= 0.3 is 12.0 Å². The van der Waals surface area contributed by atoms with Crippen molar-refractivity contribution in [1.82, 2.24) is 25.4 Å². The highest BCUT2D eigenvalue weighted by atomic mass is 32.2. The Balaban J connectivity index is 1.15. The predicted molar refractivity (Wildman–Crippen MR) is 198 cm³/mol. The molecule has 4 aromatic carbocycles. The molecule has 0 radical (unpaired) electrons. The second kappa shape index (κ2) is 17.5. The maximum absolute atomic E-state index is 13.0. The van der Waals surface area contributed by atoms with Crippen LogP contribution in [-0.4, -0.2) is 56.9 Å². The third kappa shape index (κ3) is 9.07. The van der Waals surface area contributed by atoms with Gasteiger partial charge in [-0.25, -0.2) is 9.59 Å². The number of thioether (sulfide) groups is 1. The highest BCUT2D eigenvalue weighted by Crippen LogP contribution is 2.43. The average Bonchev–Trinajstić information content (AvgIpc) is 3.60. The molecule has 270 valence electrons. The number of aliphatic hydroxyl groups excluding tert-OH is 1. The number of aliphatic hydroxyl groups is 1. The van der Waals surface area contributed by atoms with Gasteiger partial charge in [0.2, 0.25) is 0 Å². The fourth-order valence-corrected chi connectivity index (χ4v) is 7.27. The molecule has 5 aromatic rings. The molecule has 3 N–H and O–H groups in total. The quantitative estimate of drug-likeness (QED) is 0.0968. The minimum atomic E-state index is -0.827. The van der Waals surface area contributed by atoms with E-state index in [1.165, 1.54) is 7.11 Å². The van der Waals surface area contributed by atoms with Gasteiger partial charge in [-0.1, -0.05) is 122 Å². The lowest BCUT2D eigenvalue weighted by Gasteiger charge is -2.41. The first-order chi connectivity index (χ1) is 25.3. The maximum Gasteiger partial charge on any atom is 0.328 e. The van der Waals surface area contributed by atoms with Gasteiger partial charge in [0.1, 0.15) is 12.4 Å². The van der Waals surface area contributed by atoms with Crippen molar-refractivity contribution in [1.29, 1.82) is 0 Å². The van der Waals surface area contributed by atoms with E-state index in [-0.39, 0.29) is 31.3 Å². The van der Waals surface area contributed by atoms with Crippen LogP contribution in [0.5, 0.6) is 0 Å². The summed E-state index contributed by atoms with van der Waals surface area (Å²) >= 11 is 1.60. The van der Waals surface area contributed by atoms with E-state index < -0.39 is 24.3 Å². The minimum Gasteiger partial charge on any atom is -0.467 e. The summed E-state index contributed by atoms with van der Waals surface area (Å²) in [6.07, 6.45) is 1.00. The van der Waals surface area contributed by atoms with Crippen LogP contribution in [0.1, 0.15) is 47.1 Å². The van der Waals surface area contributed by atoms with Crippen LogP contribution in [-0.2, 0) is 45.6 Å². The molecule has 1 saturated heterocycles. The highest BCUT2D eigenvalue weighted by Gasteiger charge is 2.38. The molecule has 1 aromatic heterocycles. The molecule has 0 bridgehead atoms. The Hall–Kier alpha value is -5.01. The highest BCUT2D eigenvalue weighted by molar-refractivity contribution is 7.99. The zero-order chi connectivity index (χ0) is 36.5. The Labute approximate surface area is 307 Å². The van der Waals surface area contributed by atoms with Crippen LogP contribution in [0.4, 0.5) is 4.79 Å². The molecule has 1 fully saturated rings. The lowest BCUT2D eigenvalue weighted by molar-refractivity contribution is -0.268. The number of esters is 1. The number of hydrogen-bond acceptors (Lipinski definition) is 9. The van der Waals surface area contributed by atoms with Crippen molar-refractivity contribution in [2.24, 2.45) is 13.0 Å². The van der Waals surface area contributed by atoms with Crippen molar-refractivity contribution in [2.75, 3.05) is 12.9 Å². The number of methoxy groups -OCH3 is 1. The molecule has 52 heavy (non-hydrogen) atoms. The first kappa shape index (κ1) is 36.8. The van der Waals surface area contributed by atoms with Crippen molar-refractivity contribution in [3.8, 4) is 11.1 Å². The van der Waals surface area contributed by atoms with Crippen molar-refractivity contribution >= 4 is 23.8 Å². The fourth-order valence-electron chi connectivity index (χ4n) is 6.22. The molecule has 0 spiro atoms. The van der Waals surface area contributed by atoms with Gasteiger partial charge in [-0.05, 0) is 33.4 Å². The topological polar surface area (TPSA) is 137 Å². The van der Waals surface area contributed by atoms with E-state index in [1.54, 1.807) is 18.1 Å². The number of aromatic nitrogens is 3. The van der Waals surface area contributed by atoms with Gasteiger partial charge < -0.3 is 34.5 Å². The lowest BCUT2D eigenvalue weighted by Crippen LogP contribution is -2.47. The van der Waals surface area contributed by atoms with Gasteiger partial charge in [0.05, 0.1) is 25.9 Å². The largest absolute Gasteiger partial charge is 0.467 e. The van der Waals surface area contributed by atoms with Crippen LogP contribution in [0.3, 0.4) is 0 Å². The van der Waals surface area contributed by atoms with Gasteiger partial charge in [-0.15, -0.1) is 10.2 Å². The van der Waals surface area contributed by atoms with Crippen LogP contribution in [0, 0.1) is 5.92 Å². The predicted octanol–water partition coefficient (Wildman–Crippen LogP) is 6.14. The molecule has 6 rings (SSSR count). The molecule has 0 aliphatic carbocycles. The fraction of sp³-hybridized carbons (Fsp3) is 0.300. The summed E-state index contributed by atoms with van der Waals surface area (Å²) in [7, 11) is 3.23. The summed E-state index contributed by atoms with van der Waals surface area (Å²) in [6.45, 7) is 2.36. The Morgan fingerprint density at radius 3 is 2.33 bits per heavy atom. The van der Waals surface area contributed by atoms with Gasteiger partial charge in [0.15, 0.2) is 11.4 Å². The summed E-state index contributed by atoms with van der Waals surface area (Å²) in [6, 6.07) is 32.0. The SMILES string of the molecule is COC(=O)C(Cc1ccccc1)NC(=O)NCc1ccccc1-c1ccc(C2OC(CSc3nncn3C)C(C)C(c3ccc(CO)cc3)O2)cc1. The standard InChI is InChI=1S/C40H43N5O6S/c1-26-35(24-52-40-44-42-25-45(40)2)50-38(51-36(26)30-15-13-28(23-46)14-16-30)31-19-17-29(18-20-31)33-12-8-7-11-32(33)22-41-39(48)43-34(37(47)49-3)21-27-9-5-4-6-10-27/h4-20,25-26,34-36,38,46H,21-24H2,1-3H3,(H2,41,43,48). The van der Waals surface area contributed by atoms with Gasteiger partial charge in [-0.3, -0.25) is 0 Å². The van der Waals surface area contributed by atoms with Crippen molar-refractivity contribution < 1.29 is 28.9 Å². The number of urea groups is 1. The van der Waals surface area contributed by atoms with Crippen LogP contribution < -0.4 is 10.6 Å². The molecule has 2 amide bonds. The summed E-state index contributed by atoms with van der Waals surface area (Å²) in [5, 5.41) is 24.3. The number of carbonyl (C=O) groups excluding carboxylic acids is 2. The number of carbonyl (C=O) groups is 2. The minimum absolute atomic E-state index is 0.0204. The second-order valence-electron chi connectivity index (χ2n) is 12.7. The van der Waals surface area contributed by atoms with E-state index in [4.69, 9.17) is 14.2 Å². The monoisotopic (exact) mass is 721 g/mol. The Morgan fingerprint density at radius 1 is 0.923 bits per heavy atom. The van der Waals surface area contributed by atoms with Crippen LogP contribution in [0.15, 0.2) is 115 Å². The van der Waals surface area contributed by atoms with Gasteiger partial charge in [-0.2, -0.15) is 0 Å². The third-order valence-electron chi connectivity index (χ3n) is 9.19. The number of ether oxygens (including phenoxy) is 3. The number of nitrogens with one attached hydrogen (secondary N) is 2. The first-order valence-corrected chi connectivity index (χ1v) is 18.1. The molecule has 5 atom stereocenters. The first-order valence-electron chi connectivity index (χ1n) is 17.1. The second-order valence-corrected chi connectivity index (χ2v) is 13.7. The Bertz CT molecular complexity index is 1920. The molecule has 1 aliphatic heterocycles. The van der Waals surface area contributed by atoms with Crippen LogP contribution >= 0.6 is 11.8 Å². The van der Waals surface area contributed by atoms with Crippen molar-refractivity contribution in [2.45, 2.75) is 56.2 Å². The number of hydrogen-bond donors (Lipinski definition) is 3. The van der Waals surface area contributed by atoms with Crippen molar-refractivity contribution in [3.05, 3.63) is 137 Å². The van der Waals surface area contributed by atoms with E-state index in [9.17, 15) is 14.7 Å². The normalized spacial score (nSPS) is 19.1. The third-order valence-corrected chi connectivity index (χ3v) is 10.3. The van der Waals surface area contributed by atoms with E-state index in [2.05, 4.69) is 27.8 Å². The molecule has 12 heteroatoms. The van der Waals surface area contributed by atoms with Crippen molar-refractivity contribution in [3.63, 3.8) is 0 Å². The average molecular weight is 722 g/mol. The maximum atomic E-state index is 13.0. The zero-order valence-electron chi connectivity index (χ0n) is 29.3. The summed E-state index contributed by atoms with van der Waals surface area (Å²) in [5.41, 5.74) is 6.49. The number of benzene rings is 4. The number of amides is 2. The smallest absolute Gasteiger partial charge is 0.328 e. The van der Waals surface area contributed by atoms with E-state index in [0.717, 1.165) is 44.1 Å². The molecule has 1 aliphatic rings. The number of rotatable bonds is 13. The molecule has 2 heterocycles. The number of nitrogens with zero attached hydrogens (tertiary/aromatic N) is 3. The molecule has 5 unspecified atom stereocenters. The number of aryl methyl sites for hydroxylation is 1. The zero-order valence-corrected chi connectivity index (χ0v) is 30.2. The Kier molecular flexibility index (Phi) is 12.4. The van der Waals surface area contributed by atoms with E-state index in [1.807, 2.05) is 115 Å². The van der Waals surface area contributed by atoms with E-state index in [0.29, 0.717) is 12.2 Å². The van der Waals surface area contributed by atoms with Crippen LogP contribution in [0.2, 0.25) is 0 Å². The molecule has 11 nitrogen and oxygen atoms in total.